The number of hydrogen-bond donors (Lipinski definition) is 0. The summed E-state index contributed by atoms with van der Waals surface area (Å²) in [7, 11) is 0. The number of alkyl halides is 1. The van der Waals surface area contributed by atoms with Crippen molar-refractivity contribution in [3.05, 3.63) is 57.8 Å². The van der Waals surface area contributed by atoms with Crippen molar-refractivity contribution in [2.45, 2.75) is 12.3 Å². The Hall–Kier alpha value is -0.870. The molecule has 0 aliphatic heterocycles. The predicted molar refractivity (Wildman–Crippen MR) is 78.0 cm³/mol. The Balaban J connectivity index is 2.26. The number of halogens is 3. The molecule has 4 heteroatoms. The van der Waals surface area contributed by atoms with Gasteiger partial charge in [0.1, 0.15) is 17.3 Å². The molecule has 0 atom stereocenters. The highest BCUT2D eigenvalue weighted by Crippen LogP contribution is 2.30. The van der Waals surface area contributed by atoms with Crippen molar-refractivity contribution >= 4 is 31.9 Å². The third-order valence-corrected chi connectivity index (χ3v) is 3.88. The average Bonchev–Trinajstić information content (AvgIpc) is 2.33. The fraction of sp³-hybridized carbons (Fsp3) is 0.143. The molecule has 0 aliphatic carbocycles. The summed E-state index contributed by atoms with van der Waals surface area (Å²) < 4.78 is 19.7. The fourth-order valence-corrected chi connectivity index (χ4v) is 2.92. The minimum absolute atomic E-state index is 0.254. The number of ether oxygens (including phenoxy) is 1. The Labute approximate surface area is 122 Å². The van der Waals surface area contributed by atoms with E-state index in [1.165, 1.54) is 12.1 Å². The van der Waals surface area contributed by atoms with E-state index in [0.29, 0.717) is 5.75 Å². The Bertz CT molecular complexity index is 570. The van der Waals surface area contributed by atoms with Gasteiger partial charge in [-0.05, 0) is 48.4 Å². The first-order valence-corrected chi connectivity index (χ1v) is 7.30. The summed E-state index contributed by atoms with van der Waals surface area (Å²) in [5.74, 6) is 1.13. The summed E-state index contributed by atoms with van der Waals surface area (Å²) in [5.41, 5.74) is 1.92. The molecular formula is C14H11Br2FO. The summed E-state index contributed by atoms with van der Waals surface area (Å²) in [6, 6.07) is 10.3. The van der Waals surface area contributed by atoms with E-state index in [1.54, 1.807) is 6.07 Å². The van der Waals surface area contributed by atoms with Crippen molar-refractivity contribution in [1.82, 2.24) is 0 Å². The topological polar surface area (TPSA) is 9.23 Å². The van der Waals surface area contributed by atoms with E-state index < -0.39 is 0 Å². The average molecular weight is 374 g/mol. The minimum Gasteiger partial charge on any atom is -0.457 e. The van der Waals surface area contributed by atoms with Gasteiger partial charge < -0.3 is 4.74 Å². The monoisotopic (exact) mass is 372 g/mol. The molecule has 0 saturated heterocycles. The molecule has 18 heavy (non-hydrogen) atoms. The number of benzene rings is 2. The molecule has 0 unspecified atom stereocenters. The first-order chi connectivity index (χ1) is 8.60. The van der Waals surface area contributed by atoms with E-state index in [4.69, 9.17) is 4.74 Å². The Morgan fingerprint density at radius 2 is 1.94 bits per heavy atom. The molecule has 1 nitrogen and oxygen atoms in total. The normalized spacial score (nSPS) is 10.4. The van der Waals surface area contributed by atoms with Gasteiger partial charge in [0.15, 0.2) is 0 Å². The molecule has 0 saturated carbocycles. The van der Waals surface area contributed by atoms with Gasteiger partial charge in [-0.15, -0.1) is 0 Å². The highest BCUT2D eigenvalue weighted by molar-refractivity contribution is 9.10. The van der Waals surface area contributed by atoms with Crippen molar-refractivity contribution in [3.8, 4) is 11.5 Å². The van der Waals surface area contributed by atoms with Crippen LogP contribution in [0, 0.1) is 12.7 Å². The molecule has 2 rings (SSSR count). The van der Waals surface area contributed by atoms with Crippen molar-refractivity contribution in [2.24, 2.45) is 0 Å². The zero-order valence-electron chi connectivity index (χ0n) is 9.71. The van der Waals surface area contributed by atoms with E-state index in [1.807, 2.05) is 25.1 Å². The van der Waals surface area contributed by atoms with Crippen LogP contribution in [0.3, 0.4) is 0 Å². The maximum atomic E-state index is 13.0. The maximum absolute atomic E-state index is 13.0. The minimum atomic E-state index is -0.254. The Morgan fingerprint density at radius 3 is 2.56 bits per heavy atom. The number of rotatable bonds is 3. The van der Waals surface area contributed by atoms with Gasteiger partial charge in [-0.3, -0.25) is 0 Å². The molecule has 0 aromatic heterocycles. The second-order valence-corrected chi connectivity index (χ2v) is 5.31. The third-order valence-electron chi connectivity index (χ3n) is 2.53. The van der Waals surface area contributed by atoms with Crippen LogP contribution >= 0.6 is 31.9 Å². The van der Waals surface area contributed by atoms with Gasteiger partial charge in [0.05, 0.1) is 0 Å². The molecule has 0 amide bonds. The van der Waals surface area contributed by atoms with Crippen LogP contribution in [0.25, 0.3) is 0 Å². The van der Waals surface area contributed by atoms with Crippen molar-refractivity contribution in [3.63, 3.8) is 0 Å². The molecule has 0 fully saturated rings. The van der Waals surface area contributed by atoms with Gasteiger partial charge in [0.25, 0.3) is 0 Å². The number of hydrogen-bond acceptors (Lipinski definition) is 1. The lowest BCUT2D eigenvalue weighted by Crippen LogP contribution is -1.90. The van der Waals surface area contributed by atoms with Crippen LogP contribution in [-0.2, 0) is 5.33 Å². The lowest BCUT2D eigenvalue weighted by molar-refractivity contribution is 0.476. The summed E-state index contributed by atoms with van der Waals surface area (Å²) in [4.78, 5) is 0. The van der Waals surface area contributed by atoms with Gasteiger partial charge in [-0.1, -0.05) is 37.9 Å². The van der Waals surface area contributed by atoms with Crippen LogP contribution in [0.4, 0.5) is 4.39 Å². The molecule has 2 aromatic rings. The van der Waals surface area contributed by atoms with Crippen molar-refractivity contribution < 1.29 is 9.13 Å². The summed E-state index contributed by atoms with van der Waals surface area (Å²) in [6.07, 6.45) is 0. The van der Waals surface area contributed by atoms with Crippen LogP contribution in [0.15, 0.2) is 40.9 Å². The van der Waals surface area contributed by atoms with E-state index in [0.717, 1.165) is 26.7 Å². The lowest BCUT2D eigenvalue weighted by Gasteiger charge is -2.10. The third kappa shape index (κ3) is 3.12. The second-order valence-electron chi connectivity index (χ2n) is 3.90. The van der Waals surface area contributed by atoms with Crippen LogP contribution in [-0.4, -0.2) is 0 Å². The molecule has 0 spiro atoms. The molecule has 2 aromatic carbocycles. The quantitative estimate of drug-likeness (QED) is 0.637. The Morgan fingerprint density at radius 1 is 1.17 bits per heavy atom. The fourth-order valence-electron chi connectivity index (χ4n) is 1.55. The SMILES string of the molecule is Cc1cc(F)ccc1Oc1ccc(CBr)c(Br)c1. The number of aryl methyl sites for hydroxylation is 1. The molecule has 0 N–H and O–H groups in total. The van der Waals surface area contributed by atoms with Gasteiger partial charge in [-0.25, -0.2) is 4.39 Å². The van der Waals surface area contributed by atoms with Gasteiger partial charge in [0.2, 0.25) is 0 Å². The zero-order valence-corrected chi connectivity index (χ0v) is 12.9. The molecule has 0 radical (unpaired) electrons. The van der Waals surface area contributed by atoms with Crippen LogP contribution < -0.4 is 4.74 Å². The first-order valence-electron chi connectivity index (χ1n) is 5.38. The second kappa shape index (κ2) is 5.85. The maximum Gasteiger partial charge on any atom is 0.130 e. The van der Waals surface area contributed by atoms with Gasteiger partial charge in [-0.2, -0.15) is 0 Å². The van der Waals surface area contributed by atoms with Gasteiger partial charge in [0, 0.05) is 9.80 Å². The van der Waals surface area contributed by atoms with Crippen LogP contribution in [0.1, 0.15) is 11.1 Å². The van der Waals surface area contributed by atoms with Gasteiger partial charge >= 0.3 is 0 Å². The largest absolute Gasteiger partial charge is 0.457 e. The zero-order chi connectivity index (χ0) is 13.1. The highest BCUT2D eigenvalue weighted by Gasteiger charge is 2.05. The lowest BCUT2D eigenvalue weighted by atomic mass is 10.2. The van der Waals surface area contributed by atoms with E-state index in [9.17, 15) is 4.39 Å². The van der Waals surface area contributed by atoms with E-state index in [-0.39, 0.29) is 5.82 Å². The molecule has 0 heterocycles. The van der Waals surface area contributed by atoms with E-state index in [2.05, 4.69) is 31.9 Å². The standard InChI is InChI=1S/C14H11Br2FO/c1-9-6-11(17)3-5-14(9)18-12-4-2-10(8-15)13(16)7-12/h2-7H,8H2,1H3. The smallest absolute Gasteiger partial charge is 0.130 e. The first kappa shape index (κ1) is 13.6. The molecule has 0 aliphatic rings. The molecular weight excluding hydrogens is 363 g/mol. The highest BCUT2D eigenvalue weighted by atomic mass is 79.9. The molecule has 0 bridgehead atoms. The van der Waals surface area contributed by atoms with Crippen molar-refractivity contribution in [1.29, 1.82) is 0 Å². The summed E-state index contributed by atoms with van der Waals surface area (Å²) >= 11 is 6.89. The van der Waals surface area contributed by atoms with E-state index >= 15 is 0 Å². The van der Waals surface area contributed by atoms with Crippen LogP contribution in [0.5, 0.6) is 11.5 Å². The summed E-state index contributed by atoms with van der Waals surface area (Å²) in [6.45, 7) is 1.82. The predicted octanol–water partition coefficient (Wildman–Crippen LogP) is 5.58. The van der Waals surface area contributed by atoms with Crippen molar-refractivity contribution in [2.75, 3.05) is 0 Å². The molecule has 94 valence electrons. The van der Waals surface area contributed by atoms with Crippen LogP contribution in [0.2, 0.25) is 0 Å². The summed E-state index contributed by atoms with van der Waals surface area (Å²) in [5, 5.41) is 0.781. The Kier molecular flexibility index (Phi) is 4.40.